The number of unbranched alkanes of at least 4 members (excludes halogenated alkanes) is 1. The molecule has 1 aromatic carbocycles. The van der Waals surface area contributed by atoms with E-state index in [1.165, 1.54) is 12.8 Å². The number of anilines is 1. The number of hydrazone groups is 1. The molecule has 1 unspecified atom stereocenters. The van der Waals surface area contributed by atoms with E-state index in [1.807, 2.05) is 29.3 Å². The van der Waals surface area contributed by atoms with Gasteiger partial charge in [0.2, 0.25) is 0 Å². The van der Waals surface area contributed by atoms with E-state index in [-0.39, 0.29) is 0 Å². The summed E-state index contributed by atoms with van der Waals surface area (Å²) in [6, 6.07) is 7.70. The van der Waals surface area contributed by atoms with Crippen molar-refractivity contribution in [3.8, 4) is 0 Å². The Morgan fingerprint density at radius 3 is 2.76 bits per heavy atom. The maximum Gasteiger partial charge on any atom is 0.125 e. The van der Waals surface area contributed by atoms with Crippen LogP contribution < -0.4 is 10.7 Å². The molecule has 2 rings (SSSR count). The highest BCUT2D eigenvalue weighted by Crippen LogP contribution is 2.25. The minimum Gasteiger partial charge on any atom is -0.385 e. The minimum atomic E-state index is 0.394. The molecule has 0 spiro atoms. The van der Waals surface area contributed by atoms with Crippen LogP contribution in [0.2, 0.25) is 5.02 Å². The van der Waals surface area contributed by atoms with Crippen molar-refractivity contribution in [1.29, 1.82) is 0 Å². The Morgan fingerprint density at radius 2 is 2.12 bits per heavy atom. The molecule has 0 aromatic heterocycles. The van der Waals surface area contributed by atoms with Gasteiger partial charge in [-0.05, 0) is 30.7 Å². The highest BCUT2D eigenvalue weighted by Gasteiger charge is 2.24. The number of amidine groups is 1. The summed E-state index contributed by atoms with van der Waals surface area (Å²) in [5.41, 5.74) is 7.01. The lowest BCUT2D eigenvalue weighted by molar-refractivity contribution is 0.596. The summed E-state index contributed by atoms with van der Waals surface area (Å²) in [6.07, 6.45) is 3.52. The molecule has 2 N–H and O–H groups in total. The van der Waals surface area contributed by atoms with Gasteiger partial charge in [-0.1, -0.05) is 31.4 Å². The third-order valence-corrected chi connectivity index (χ3v) is 3.33. The Morgan fingerprint density at radius 1 is 1.41 bits per heavy atom. The van der Waals surface area contributed by atoms with Gasteiger partial charge in [-0.25, -0.2) is 0 Å². The number of nitrogens with zero attached hydrogens (tertiary/aromatic N) is 2. The topological polar surface area (TPSA) is 41.6 Å². The number of halogens is 1. The van der Waals surface area contributed by atoms with Gasteiger partial charge in [-0.3, -0.25) is 5.01 Å². The maximum absolute atomic E-state index is 5.96. The fourth-order valence-corrected chi connectivity index (χ4v) is 2.16. The van der Waals surface area contributed by atoms with Crippen LogP contribution in [0, 0.1) is 5.92 Å². The van der Waals surface area contributed by atoms with E-state index in [4.69, 9.17) is 17.3 Å². The molecule has 17 heavy (non-hydrogen) atoms. The monoisotopic (exact) mass is 251 g/mol. The highest BCUT2D eigenvalue weighted by atomic mass is 35.5. The largest absolute Gasteiger partial charge is 0.385 e. The van der Waals surface area contributed by atoms with Crippen molar-refractivity contribution in [3.63, 3.8) is 0 Å². The molecule has 0 bridgehead atoms. The van der Waals surface area contributed by atoms with Crippen molar-refractivity contribution < 1.29 is 0 Å². The Kier molecular flexibility index (Phi) is 3.89. The van der Waals surface area contributed by atoms with Crippen molar-refractivity contribution in [3.05, 3.63) is 29.3 Å². The zero-order valence-corrected chi connectivity index (χ0v) is 10.8. The maximum atomic E-state index is 5.96. The van der Waals surface area contributed by atoms with Crippen LogP contribution in [0.25, 0.3) is 0 Å². The van der Waals surface area contributed by atoms with Crippen molar-refractivity contribution >= 4 is 23.1 Å². The van der Waals surface area contributed by atoms with Gasteiger partial charge in [-0.2, -0.15) is 5.10 Å². The summed E-state index contributed by atoms with van der Waals surface area (Å²) in [5.74, 6) is 1.15. The molecule has 0 fully saturated rings. The molecule has 1 aliphatic rings. The molecule has 3 nitrogen and oxygen atoms in total. The van der Waals surface area contributed by atoms with E-state index in [0.29, 0.717) is 5.92 Å². The van der Waals surface area contributed by atoms with Crippen LogP contribution in [-0.2, 0) is 0 Å². The van der Waals surface area contributed by atoms with Gasteiger partial charge in [0.25, 0.3) is 0 Å². The van der Waals surface area contributed by atoms with E-state index >= 15 is 0 Å². The average Bonchev–Trinajstić information content (AvgIpc) is 2.69. The average molecular weight is 252 g/mol. The first kappa shape index (κ1) is 12.2. The molecule has 1 aromatic rings. The molecular weight excluding hydrogens is 234 g/mol. The summed E-state index contributed by atoms with van der Waals surface area (Å²) >= 11 is 5.87. The zero-order chi connectivity index (χ0) is 12.3. The van der Waals surface area contributed by atoms with Gasteiger partial charge in [0, 0.05) is 10.9 Å². The molecule has 0 amide bonds. The second-order valence-corrected chi connectivity index (χ2v) is 4.86. The standard InChI is InChI=1S/C13H18ClN3/c1-2-3-4-10-9-17(16-13(10)15)12-7-5-11(14)6-8-12/h5-8,10H,2-4,9H2,1H3,(H2,15,16). The van der Waals surface area contributed by atoms with Crippen LogP contribution in [0.1, 0.15) is 26.2 Å². The molecule has 92 valence electrons. The van der Waals surface area contributed by atoms with Crippen LogP contribution in [0.4, 0.5) is 5.69 Å². The summed E-state index contributed by atoms with van der Waals surface area (Å²) in [5, 5.41) is 7.11. The second kappa shape index (κ2) is 5.41. The zero-order valence-electron chi connectivity index (χ0n) is 10.1. The lowest BCUT2D eigenvalue weighted by Crippen LogP contribution is -2.23. The Bertz CT molecular complexity index is 400. The molecule has 1 atom stereocenters. The van der Waals surface area contributed by atoms with Gasteiger partial charge in [-0.15, -0.1) is 0 Å². The fraction of sp³-hybridized carbons (Fsp3) is 0.462. The Hall–Kier alpha value is -1.22. The van der Waals surface area contributed by atoms with Crippen LogP contribution in [-0.4, -0.2) is 12.4 Å². The van der Waals surface area contributed by atoms with E-state index < -0.39 is 0 Å². The quantitative estimate of drug-likeness (QED) is 0.893. The lowest BCUT2D eigenvalue weighted by atomic mass is 10.0. The first-order valence-electron chi connectivity index (χ1n) is 6.07. The summed E-state index contributed by atoms with van der Waals surface area (Å²) < 4.78 is 0. The van der Waals surface area contributed by atoms with E-state index in [2.05, 4.69) is 12.0 Å². The minimum absolute atomic E-state index is 0.394. The van der Waals surface area contributed by atoms with Gasteiger partial charge >= 0.3 is 0 Å². The third-order valence-electron chi connectivity index (χ3n) is 3.08. The molecule has 4 heteroatoms. The number of hydrogen-bond donors (Lipinski definition) is 1. The highest BCUT2D eigenvalue weighted by molar-refractivity contribution is 6.30. The fourth-order valence-electron chi connectivity index (χ4n) is 2.03. The van der Waals surface area contributed by atoms with E-state index in [0.717, 1.165) is 29.5 Å². The van der Waals surface area contributed by atoms with Crippen LogP contribution in [0.5, 0.6) is 0 Å². The molecular formula is C13H18ClN3. The van der Waals surface area contributed by atoms with E-state index in [1.54, 1.807) is 0 Å². The first-order valence-corrected chi connectivity index (χ1v) is 6.45. The SMILES string of the molecule is CCCCC1CN(c2ccc(Cl)cc2)N=C1N. The number of nitrogens with two attached hydrogens (primary N) is 1. The Balaban J connectivity index is 2.03. The van der Waals surface area contributed by atoms with Gasteiger partial charge < -0.3 is 5.73 Å². The summed E-state index contributed by atoms with van der Waals surface area (Å²) in [6.45, 7) is 3.08. The van der Waals surface area contributed by atoms with Crippen molar-refractivity contribution in [1.82, 2.24) is 0 Å². The predicted molar refractivity (Wildman–Crippen MR) is 73.4 cm³/mol. The molecule has 1 aliphatic heterocycles. The molecule has 0 saturated heterocycles. The Labute approximate surface area is 107 Å². The molecule has 0 aliphatic carbocycles. The lowest BCUT2D eigenvalue weighted by Gasteiger charge is -2.15. The first-order chi connectivity index (χ1) is 8.20. The van der Waals surface area contributed by atoms with Gasteiger partial charge in [0.1, 0.15) is 5.84 Å². The van der Waals surface area contributed by atoms with Crippen molar-refractivity contribution in [2.75, 3.05) is 11.6 Å². The molecule has 0 saturated carbocycles. The van der Waals surface area contributed by atoms with E-state index in [9.17, 15) is 0 Å². The summed E-state index contributed by atoms with van der Waals surface area (Å²) in [4.78, 5) is 0. The number of rotatable bonds is 4. The van der Waals surface area contributed by atoms with Gasteiger partial charge in [0.15, 0.2) is 0 Å². The van der Waals surface area contributed by atoms with Crippen LogP contribution >= 0.6 is 11.6 Å². The van der Waals surface area contributed by atoms with Crippen LogP contribution in [0.3, 0.4) is 0 Å². The number of hydrogen-bond acceptors (Lipinski definition) is 3. The van der Waals surface area contributed by atoms with Gasteiger partial charge in [0.05, 0.1) is 12.2 Å². The smallest absolute Gasteiger partial charge is 0.125 e. The van der Waals surface area contributed by atoms with Crippen molar-refractivity contribution in [2.24, 2.45) is 16.8 Å². The number of benzene rings is 1. The van der Waals surface area contributed by atoms with Crippen LogP contribution in [0.15, 0.2) is 29.4 Å². The molecule has 0 radical (unpaired) electrons. The second-order valence-electron chi connectivity index (χ2n) is 4.42. The molecule has 1 heterocycles. The third kappa shape index (κ3) is 2.91. The normalized spacial score (nSPS) is 19.5. The van der Waals surface area contributed by atoms with Crippen molar-refractivity contribution in [2.45, 2.75) is 26.2 Å². The summed E-state index contributed by atoms with van der Waals surface area (Å²) in [7, 11) is 0. The predicted octanol–water partition coefficient (Wildman–Crippen LogP) is 3.24.